The quantitative estimate of drug-likeness (QED) is 0.192. The topological polar surface area (TPSA) is 34.6 Å². The summed E-state index contributed by atoms with van der Waals surface area (Å²) in [6.07, 6.45) is 8.73. The van der Waals surface area contributed by atoms with Crippen LogP contribution in [0.2, 0.25) is 0 Å². The zero-order valence-corrected chi connectivity index (χ0v) is 26.7. The number of aromatic nitrogens is 2. The van der Waals surface area contributed by atoms with Gasteiger partial charge in [-0.25, -0.2) is 9.98 Å². The fourth-order valence-corrected chi connectivity index (χ4v) is 7.66. The Morgan fingerprint density at radius 3 is 1.10 bits per heavy atom. The van der Waals surface area contributed by atoms with Crippen molar-refractivity contribution in [2.75, 3.05) is 0 Å². The van der Waals surface area contributed by atoms with Gasteiger partial charge < -0.3 is 9.13 Å². The molecule has 0 spiro atoms. The third kappa shape index (κ3) is 4.38. The molecule has 0 saturated carbocycles. The summed E-state index contributed by atoms with van der Waals surface area (Å²) >= 11 is 0. The van der Waals surface area contributed by atoms with Crippen LogP contribution in [0.3, 0.4) is 0 Å². The normalized spacial score (nSPS) is 15.9. The van der Waals surface area contributed by atoms with Crippen LogP contribution in [0.5, 0.6) is 0 Å². The molecule has 10 rings (SSSR count). The van der Waals surface area contributed by atoms with E-state index in [1.54, 1.807) is 0 Å². The van der Waals surface area contributed by atoms with E-state index in [-0.39, 0.29) is 0 Å². The van der Waals surface area contributed by atoms with Crippen molar-refractivity contribution in [3.05, 3.63) is 226 Å². The van der Waals surface area contributed by atoms with Gasteiger partial charge in [-0.3, -0.25) is 0 Å². The molecule has 230 valence electrons. The van der Waals surface area contributed by atoms with E-state index >= 15 is 0 Å². The van der Waals surface area contributed by atoms with E-state index in [1.165, 1.54) is 0 Å². The second-order valence-corrected chi connectivity index (χ2v) is 12.6. The Bertz CT molecular complexity index is 2440. The Morgan fingerprint density at radius 2 is 0.714 bits per heavy atom. The van der Waals surface area contributed by atoms with Gasteiger partial charge in [0.25, 0.3) is 0 Å². The van der Waals surface area contributed by atoms with Crippen LogP contribution in [-0.2, 0) is 6.67 Å². The molecule has 4 aliphatic heterocycles. The molecule has 4 aromatic carbocycles. The van der Waals surface area contributed by atoms with Crippen LogP contribution in [0.4, 0.5) is 0 Å². The number of rotatable bonds is 4. The zero-order chi connectivity index (χ0) is 32.3. The molecule has 0 atom stereocenters. The van der Waals surface area contributed by atoms with Crippen molar-refractivity contribution in [3.8, 4) is 0 Å². The van der Waals surface area contributed by atoms with Gasteiger partial charge in [-0.2, -0.15) is 0 Å². The Morgan fingerprint density at radius 1 is 0.347 bits per heavy atom. The second kappa shape index (κ2) is 11.0. The lowest BCUT2D eigenvalue weighted by molar-refractivity contribution is 0.578. The maximum atomic E-state index is 5.43. The fraction of sp³-hybridized carbons (Fsp3) is 0.0222. The van der Waals surface area contributed by atoms with Crippen LogP contribution in [0, 0.1) is 0 Å². The van der Waals surface area contributed by atoms with E-state index in [9.17, 15) is 0 Å². The highest BCUT2D eigenvalue weighted by Crippen LogP contribution is 2.38. The van der Waals surface area contributed by atoms with Gasteiger partial charge in [-0.05, 0) is 70.8 Å². The smallest absolute Gasteiger partial charge is 0.100 e. The first-order chi connectivity index (χ1) is 24.3. The molecule has 0 aliphatic carbocycles. The van der Waals surface area contributed by atoms with Gasteiger partial charge in [0.15, 0.2) is 0 Å². The lowest BCUT2D eigenvalue weighted by atomic mass is 10.00. The van der Waals surface area contributed by atoms with Gasteiger partial charge >= 0.3 is 0 Å². The summed E-state index contributed by atoms with van der Waals surface area (Å²) < 4.78 is 4.95. The molecule has 4 heteroatoms. The minimum absolute atomic E-state index is 0.593. The van der Waals surface area contributed by atoms with Crippen molar-refractivity contribution in [3.63, 3.8) is 0 Å². The standard InChI is InChI=1S/C45H30N4/c1-5-13-30(14-6-1)42-34-21-22-35(46-34)43(31-15-7-2-8-16-31)40-27-28-41-45(33-19-11-4-12-20-33)37-24-23-36(47-37)44(32-17-9-3-10-18-32)39-26-25-38(42)48(39)29-49(40)41/h1-28H,29H2. The van der Waals surface area contributed by atoms with Gasteiger partial charge in [-0.1, -0.05) is 121 Å². The highest BCUT2D eigenvalue weighted by atomic mass is 15.2. The van der Waals surface area contributed by atoms with Crippen molar-refractivity contribution in [1.29, 1.82) is 0 Å². The number of hydrogen-bond donors (Lipinski definition) is 0. The Labute approximate surface area is 284 Å². The molecule has 0 amide bonds. The molecule has 0 saturated heterocycles. The molecule has 6 heterocycles. The minimum Gasteiger partial charge on any atom is -0.322 e. The SMILES string of the molecule is C1=CC2=C(c3ccccc3)c3ccc4n3Cn3c(ccc3=C(c3ccccc3)C3=NC(=C4c4ccccc4)C=C3)=C(c3ccccc3)C1=N2. The number of fused-ring (bicyclic) bond motifs is 2. The van der Waals surface area contributed by atoms with Crippen molar-refractivity contribution in [2.24, 2.45) is 9.98 Å². The number of benzene rings is 4. The first-order valence-corrected chi connectivity index (χ1v) is 16.7. The predicted molar refractivity (Wildman–Crippen MR) is 199 cm³/mol. The van der Waals surface area contributed by atoms with Crippen LogP contribution in [0.25, 0.3) is 22.3 Å². The van der Waals surface area contributed by atoms with E-state index in [2.05, 4.69) is 179 Å². The lowest BCUT2D eigenvalue weighted by Crippen LogP contribution is -2.36. The number of aliphatic imine (C=N–C) groups is 2. The molecular formula is C45H30N4. The molecule has 0 unspecified atom stereocenters. The monoisotopic (exact) mass is 626 g/mol. The fourth-order valence-electron chi connectivity index (χ4n) is 7.66. The average Bonchev–Trinajstić information content (AvgIpc) is 3.98. The van der Waals surface area contributed by atoms with Crippen LogP contribution in [0.15, 0.2) is 191 Å². The van der Waals surface area contributed by atoms with Gasteiger partial charge in [0.05, 0.1) is 44.9 Å². The summed E-state index contributed by atoms with van der Waals surface area (Å²) in [6.45, 7) is 0.593. The molecule has 4 aliphatic rings. The zero-order valence-electron chi connectivity index (χ0n) is 26.7. The Balaban J connectivity index is 1.43. The molecule has 6 aromatic rings. The van der Waals surface area contributed by atoms with E-state index in [1.807, 2.05) is 0 Å². The van der Waals surface area contributed by atoms with Crippen molar-refractivity contribution in [1.82, 2.24) is 9.13 Å². The Kier molecular flexibility index (Phi) is 6.21. The number of hydrogen-bond acceptors (Lipinski definition) is 2. The number of nitrogens with zero attached hydrogens (tertiary/aromatic N) is 4. The van der Waals surface area contributed by atoms with Crippen molar-refractivity contribution >= 4 is 33.7 Å². The highest BCUT2D eigenvalue weighted by molar-refractivity contribution is 6.31. The lowest BCUT2D eigenvalue weighted by Gasteiger charge is -2.23. The minimum atomic E-state index is 0.593. The third-order valence-electron chi connectivity index (χ3n) is 9.82. The van der Waals surface area contributed by atoms with Crippen LogP contribution >= 0.6 is 0 Å². The summed E-state index contributed by atoms with van der Waals surface area (Å²) in [6, 6.07) is 51.8. The highest BCUT2D eigenvalue weighted by Gasteiger charge is 2.28. The molecule has 0 N–H and O–H groups in total. The van der Waals surface area contributed by atoms with E-state index in [4.69, 9.17) is 9.98 Å². The van der Waals surface area contributed by atoms with Crippen molar-refractivity contribution in [2.45, 2.75) is 6.67 Å². The average molecular weight is 627 g/mol. The van der Waals surface area contributed by atoms with Gasteiger partial charge in [0, 0.05) is 22.3 Å². The van der Waals surface area contributed by atoms with Gasteiger partial charge in [-0.15, -0.1) is 0 Å². The first kappa shape index (κ1) is 27.6. The molecule has 4 nitrogen and oxygen atoms in total. The third-order valence-corrected chi connectivity index (χ3v) is 9.82. The van der Waals surface area contributed by atoms with E-state index in [0.717, 1.165) is 89.4 Å². The largest absolute Gasteiger partial charge is 0.322 e. The number of allylic oxidation sites excluding steroid dienone is 4. The van der Waals surface area contributed by atoms with Crippen LogP contribution < -0.4 is 10.7 Å². The van der Waals surface area contributed by atoms with E-state index < -0.39 is 0 Å². The maximum Gasteiger partial charge on any atom is 0.100 e. The molecule has 2 aromatic heterocycles. The first-order valence-electron chi connectivity index (χ1n) is 16.7. The summed E-state index contributed by atoms with van der Waals surface area (Å²) in [4.78, 5) is 10.9. The molecule has 49 heavy (non-hydrogen) atoms. The summed E-state index contributed by atoms with van der Waals surface area (Å²) in [5.41, 5.74) is 15.0. The van der Waals surface area contributed by atoms with Gasteiger partial charge in [0.2, 0.25) is 0 Å². The summed E-state index contributed by atoms with van der Waals surface area (Å²) in [7, 11) is 0. The van der Waals surface area contributed by atoms with E-state index in [0.29, 0.717) is 6.67 Å². The van der Waals surface area contributed by atoms with Crippen molar-refractivity contribution < 1.29 is 0 Å². The molecule has 0 fully saturated rings. The maximum absolute atomic E-state index is 5.43. The molecule has 6 bridgehead atoms. The Hall–Kier alpha value is -6.52. The predicted octanol–water partition coefficient (Wildman–Crippen LogP) is 7.76. The summed E-state index contributed by atoms with van der Waals surface area (Å²) in [5.74, 6) is 0. The second-order valence-electron chi connectivity index (χ2n) is 12.6. The molecular weight excluding hydrogens is 597 g/mol. The van der Waals surface area contributed by atoms with Crippen LogP contribution in [0.1, 0.15) is 33.6 Å². The molecule has 0 radical (unpaired) electrons. The summed E-state index contributed by atoms with van der Waals surface area (Å²) in [5, 5.41) is 2.23. The van der Waals surface area contributed by atoms with Crippen LogP contribution in [-0.4, -0.2) is 20.6 Å². The van der Waals surface area contributed by atoms with Gasteiger partial charge in [0.1, 0.15) is 6.67 Å².